The van der Waals surface area contributed by atoms with Gasteiger partial charge in [0.25, 0.3) is 0 Å². The van der Waals surface area contributed by atoms with Crippen LogP contribution in [0.1, 0.15) is 25.6 Å². The quantitative estimate of drug-likeness (QED) is 0.727. The summed E-state index contributed by atoms with van der Waals surface area (Å²) >= 11 is 0. The summed E-state index contributed by atoms with van der Waals surface area (Å²) in [6.07, 6.45) is 0.796. The van der Waals surface area contributed by atoms with Crippen LogP contribution in [0.3, 0.4) is 0 Å². The molecule has 0 radical (unpaired) electrons. The molecule has 21 heavy (non-hydrogen) atoms. The van der Waals surface area contributed by atoms with Crippen LogP contribution >= 0.6 is 0 Å². The Balaban J connectivity index is 1.81. The zero-order valence-electron chi connectivity index (χ0n) is 12.5. The van der Waals surface area contributed by atoms with Crippen molar-refractivity contribution in [2.75, 3.05) is 25.0 Å². The predicted molar refractivity (Wildman–Crippen MR) is 81.2 cm³/mol. The minimum atomic E-state index is 0.247. The average Bonchev–Trinajstić information content (AvgIpc) is 2.96. The predicted octanol–water partition coefficient (Wildman–Crippen LogP) is 2.27. The Morgan fingerprint density at radius 2 is 1.90 bits per heavy atom. The summed E-state index contributed by atoms with van der Waals surface area (Å²) in [6, 6.07) is 6.86. The largest absolute Gasteiger partial charge is 0.508 e. The number of hydrogen-bond acceptors (Lipinski definition) is 6. The molecule has 0 amide bonds. The minimum absolute atomic E-state index is 0.247. The summed E-state index contributed by atoms with van der Waals surface area (Å²) in [5.74, 6) is 1.55. The first kappa shape index (κ1) is 15.3. The number of aromatic hydroxyl groups is 1. The zero-order valence-corrected chi connectivity index (χ0v) is 12.5. The molecule has 0 spiro atoms. The molecule has 2 rings (SSSR count). The van der Waals surface area contributed by atoms with Crippen molar-refractivity contribution in [2.24, 2.45) is 0 Å². The number of rotatable bonds is 8. The molecular formula is C15H22N4O2. The van der Waals surface area contributed by atoms with Gasteiger partial charge in [0.15, 0.2) is 5.82 Å². The van der Waals surface area contributed by atoms with Gasteiger partial charge in [-0.15, -0.1) is 0 Å². The second-order valence-electron chi connectivity index (χ2n) is 4.78. The SMILES string of the molecule is CCN(CC)CCc1noc(CNc2ccc(O)cc2)n1. The van der Waals surface area contributed by atoms with Gasteiger partial charge in [0.05, 0.1) is 6.54 Å². The van der Waals surface area contributed by atoms with Crippen LogP contribution in [0.4, 0.5) is 5.69 Å². The Kier molecular flexibility index (Phi) is 5.57. The molecule has 0 unspecified atom stereocenters. The third-order valence-corrected chi connectivity index (χ3v) is 3.37. The van der Waals surface area contributed by atoms with Crippen molar-refractivity contribution in [3.05, 3.63) is 36.0 Å². The Bertz CT molecular complexity index is 535. The van der Waals surface area contributed by atoms with Gasteiger partial charge in [-0.3, -0.25) is 0 Å². The van der Waals surface area contributed by atoms with Crippen LogP contribution in [0.15, 0.2) is 28.8 Å². The van der Waals surface area contributed by atoms with E-state index in [-0.39, 0.29) is 5.75 Å². The molecule has 2 N–H and O–H groups in total. The summed E-state index contributed by atoms with van der Waals surface area (Å²) in [5, 5.41) is 16.4. The summed E-state index contributed by atoms with van der Waals surface area (Å²) in [4.78, 5) is 6.69. The Morgan fingerprint density at radius 3 is 2.57 bits per heavy atom. The summed E-state index contributed by atoms with van der Waals surface area (Å²) in [6.45, 7) is 7.77. The smallest absolute Gasteiger partial charge is 0.245 e. The second kappa shape index (κ2) is 7.64. The van der Waals surface area contributed by atoms with E-state index >= 15 is 0 Å². The van der Waals surface area contributed by atoms with E-state index in [2.05, 4.69) is 34.2 Å². The fourth-order valence-corrected chi connectivity index (χ4v) is 2.02. The van der Waals surface area contributed by atoms with E-state index in [1.54, 1.807) is 24.3 Å². The van der Waals surface area contributed by atoms with Gasteiger partial charge in [0, 0.05) is 18.7 Å². The van der Waals surface area contributed by atoms with Gasteiger partial charge >= 0.3 is 0 Å². The van der Waals surface area contributed by atoms with Gasteiger partial charge in [-0.25, -0.2) is 0 Å². The lowest BCUT2D eigenvalue weighted by atomic mass is 10.3. The number of aromatic nitrogens is 2. The lowest BCUT2D eigenvalue weighted by molar-refractivity contribution is 0.302. The number of anilines is 1. The number of nitrogens with one attached hydrogen (secondary N) is 1. The zero-order chi connectivity index (χ0) is 15.1. The van der Waals surface area contributed by atoms with Crippen LogP contribution in [-0.2, 0) is 13.0 Å². The molecule has 0 atom stereocenters. The molecular weight excluding hydrogens is 268 g/mol. The van der Waals surface area contributed by atoms with Crippen molar-refractivity contribution in [2.45, 2.75) is 26.8 Å². The highest BCUT2D eigenvalue weighted by Crippen LogP contribution is 2.14. The molecule has 0 aliphatic heterocycles. The van der Waals surface area contributed by atoms with Gasteiger partial charge in [-0.05, 0) is 37.4 Å². The molecule has 1 aromatic carbocycles. The van der Waals surface area contributed by atoms with Crippen LogP contribution in [0.25, 0.3) is 0 Å². The van der Waals surface area contributed by atoms with Gasteiger partial charge in [0.1, 0.15) is 5.75 Å². The van der Waals surface area contributed by atoms with E-state index in [0.717, 1.165) is 37.6 Å². The van der Waals surface area contributed by atoms with Gasteiger partial charge in [0.2, 0.25) is 5.89 Å². The van der Waals surface area contributed by atoms with Crippen molar-refractivity contribution < 1.29 is 9.63 Å². The van der Waals surface area contributed by atoms with Crippen LogP contribution in [0, 0.1) is 0 Å². The normalized spacial score (nSPS) is 11.0. The third kappa shape index (κ3) is 4.75. The fourth-order valence-electron chi connectivity index (χ4n) is 2.02. The summed E-state index contributed by atoms with van der Waals surface area (Å²) in [7, 11) is 0. The summed E-state index contributed by atoms with van der Waals surface area (Å²) < 4.78 is 5.22. The molecule has 2 aromatic rings. The molecule has 0 saturated carbocycles. The number of phenolic OH excluding ortho intramolecular Hbond substituents is 1. The van der Waals surface area contributed by atoms with Crippen molar-refractivity contribution in [3.63, 3.8) is 0 Å². The first-order valence-electron chi connectivity index (χ1n) is 7.28. The van der Waals surface area contributed by atoms with Gasteiger partial charge < -0.3 is 19.8 Å². The van der Waals surface area contributed by atoms with Gasteiger partial charge in [-0.1, -0.05) is 19.0 Å². The van der Waals surface area contributed by atoms with Crippen molar-refractivity contribution in [1.29, 1.82) is 0 Å². The molecule has 0 aliphatic carbocycles. The van der Waals surface area contributed by atoms with E-state index in [9.17, 15) is 5.11 Å². The van der Waals surface area contributed by atoms with Crippen LogP contribution in [-0.4, -0.2) is 39.8 Å². The number of nitrogens with zero attached hydrogens (tertiary/aromatic N) is 3. The number of hydrogen-bond donors (Lipinski definition) is 2. The molecule has 6 heteroatoms. The average molecular weight is 290 g/mol. The van der Waals surface area contributed by atoms with E-state index in [0.29, 0.717) is 12.4 Å². The Hall–Kier alpha value is -2.08. The maximum absolute atomic E-state index is 9.22. The van der Waals surface area contributed by atoms with Crippen molar-refractivity contribution in [1.82, 2.24) is 15.0 Å². The van der Waals surface area contributed by atoms with Crippen molar-refractivity contribution in [3.8, 4) is 5.75 Å². The lowest BCUT2D eigenvalue weighted by Gasteiger charge is -2.16. The molecule has 1 heterocycles. The number of phenols is 1. The summed E-state index contributed by atoms with van der Waals surface area (Å²) in [5.41, 5.74) is 0.899. The second-order valence-corrected chi connectivity index (χ2v) is 4.78. The molecule has 0 bridgehead atoms. The Morgan fingerprint density at radius 1 is 1.19 bits per heavy atom. The van der Waals surface area contributed by atoms with Crippen LogP contribution in [0.5, 0.6) is 5.75 Å². The van der Waals surface area contributed by atoms with E-state index in [4.69, 9.17) is 4.52 Å². The van der Waals surface area contributed by atoms with E-state index < -0.39 is 0 Å². The van der Waals surface area contributed by atoms with E-state index in [1.165, 1.54) is 0 Å². The first-order valence-corrected chi connectivity index (χ1v) is 7.28. The highest BCUT2D eigenvalue weighted by atomic mass is 16.5. The van der Waals surface area contributed by atoms with Crippen molar-refractivity contribution >= 4 is 5.69 Å². The fraction of sp³-hybridized carbons (Fsp3) is 0.467. The first-order chi connectivity index (χ1) is 10.2. The molecule has 0 aliphatic rings. The molecule has 0 saturated heterocycles. The maximum Gasteiger partial charge on any atom is 0.245 e. The van der Waals surface area contributed by atoms with Crippen LogP contribution in [0.2, 0.25) is 0 Å². The highest BCUT2D eigenvalue weighted by Gasteiger charge is 2.08. The Labute approximate surface area is 124 Å². The van der Waals surface area contributed by atoms with Gasteiger partial charge in [-0.2, -0.15) is 4.98 Å². The highest BCUT2D eigenvalue weighted by molar-refractivity contribution is 5.45. The number of likely N-dealkylation sites (N-methyl/N-ethyl adjacent to an activating group) is 1. The standard InChI is InChI=1S/C15H22N4O2/c1-3-19(4-2)10-9-14-17-15(21-18-14)11-16-12-5-7-13(20)8-6-12/h5-8,16,20H,3-4,9-11H2,1-2H3. The van der Waals surface area contributed by atoms with E-state index in [1.807, 2.05) is 0 Å². The minimum Gasteiger partial charge on any atom is -0.508 e. The molecule has 1 aromatic heterocycles. The molecule has 0 fully saturated rings. The maximum atomic E-state index is 9.22. The van der Waals surface area contributed by atoms with Crippen LogP contribution < -0.4 is 5.32 Å². The topological polar surface area (TPSA) is 74.4 Å². The lowest BCUT2D eigenvalue weighted by Crippen LogP contribution is -2.25. The molecule has 6 nitrogen and oxygen atoms in total. The number of benzene rings is 1. The monoisotopic (exact) mass is 290 g/mol. The third-order valence-electron chi connectivity index (χ3n) is 3.37. The molecule has 114 valence electrons.